The lowest BCUT2D eigenvalue weighted by Gasteiger charge is -2.32. The van der Waals surface area contributed by atoms with Gasteiger partial charge in [0.05, 0.1) is 6.54 Å². The number of nitrogens with zero attached hydrogens (tertiary/aromatic N) is 1. The molecular formula is C22H28ClN3O. The minimum atomic E-state index is -0.00180. The molecular weight excluding hydrogens is 358 g/mol. The summed E-state index contributed by atoms with van der Waals surface area (Å²) < 4.78 is 0. The molecule has 1 heterocycles. The summed E-state index contributed by atoms with van der Waals surface area (Å²) in [6, 6.07) is 16.1. The van der Waals surface area contributed by atoms with Crippen LogP contribution >= 0.6 is 11.6 Å². The van der Waals surface area contributed by atoms with Crippen molar-refractivity contribution in [3.05, 3.63) is 59.1 Å². The van der Waals surface area contributed by atoms with Crippen molar-refractivity contribution in [2.45, 2.75) is 26.2 Å². The normalized spacial score (nSPS) is 14.8. The Morgan fingerprint density at radius 3 is 2.41 bits per heavy atom. The van der Waals surface area contributed by atoms with Crippen LogP contribution in [0, 0.1) is 5.92 Å². The minimum Gasteiger partial charge on any atom is -0.376 e. The molecule has 4 nitrogen and oxygen atoms in total. The standard InChI is InChI=1S/C22H28ClN3O/c1-17-11-14-26(15-12-17)21-8-6-20(7-9-21)25-16-22(27)24-13-10-18-2-4-19(23)5-3-18/h2-9,17,25H,10-16H2,1H3,(H,24,27). The molecule has 3 rings (SSSR count). The first-order chi connectivity index (χ1) is 13.1. The number of amides is 1. The molecule has 0 spiro atoms. The lowest BCUT2D eigenvalue weighted by atomic mass is 9.99. The van der Waals surface area contributed by atoms with E-state index in [0.717, 1.165) is 41.7 Å². The van der Waals surface area contributed by atoms with Crippen LogP contribution in [0.2, 0.25) is 5.02 Å². The van der Waals surface area contributed by atoms with Crippen molar-refractivity contribution < 1.29 is 4.79 Å². The van der Waals surface area contributed by atoms with Gasteiger partial charge in [0.2, 0.25) is 5.91 Å². The molecule has 0 unspecified atom stereocenters. The van der Waals surface area contributed by atoms with E-state index in [2.05, 4.69) is 34.6 Å². The zero-order valence-electron chi connectivity index (χ0n) is 15.9. The van der Waals surface area contributed by atoms with E-state index in [9.17, 15) is 4.79 Å². The van der Waals surface area contributed by atoms with Gasteiger partial charge in [0.1, 0.15) is 0 Å². The highest BCUT2D eigenvalue weighted by Gasteiger charge is 2.15. The van der Waals surface area contributed by atoms with Crippen LogP contribution in [-0.4, -0.2) is 32.1 Å². The van der Waals surface area contributed by atoms with Gasteiger partial charge >= 0.3 is 0 Å². The lowest BCUT2D eigenvalue weighted by molar-refractivity contribution is -0.119. The van der Waals surface area contributed by atoms with E-state index in [4.69, 9.17) is 11.6 Å². The summed E-state index contributed by atoms with van der Waals surface area (Å²) in [4.78, 5) is 14.4. The van der Waals surface area contributed by atoms with Crippen LogP contribution < -0.4 is 15.5 Å². The third kappa shape index (κ3) is 6.17. The van der Waals surface area contributed by atoms with E-state index >= 15 is 0 Å². The predicted molar refractivity (Wildman–Crippen MR) is 114 cm³/mol. The number of benzene rings is 2. The number of nitrogens with one attached hydrogen (secondary N) is 2. The molecule has 1 saturated heterocycles. The fourth-order valence-electron chi connectivity index (χ4n) is 3.30. The van der Waals surface area contributed by atoms with Crippen LogP contribution in [0.15, 0.2) is 48.5 Å². The van der Waals surface area contributed by atoms with Gasteiger partial charge in [0.15, 0.2) is 0 Å². The van der Waals surface area contributed by atoms with Crippen LogP contribution in [0.5, 0.6) is 0 Å². The minimum absolute atomic E-state index is 0.00180. The lowest BCUT2D eigenvalue weighted by Crippen LogP contribution is -2.32. The highest BCUT2D eigenvalue weighted by Crippen LogP contribution is 2.24. The molecule has 2 aromatic rings. The van der Waals surface area contributed by atoms with Crippen molar-refractivity contribution >= 4 is 28.9 Å². The molecule has 1 fully saturated rings. The Labute approximate surface area is 166 Å². The van der Waals surface area contributed by atoms with E-state index in [1.807, 2.05) is 36.4 Å². The van der Waals surface area contributed by atoms with E-state index in [1.165, 1.54) is 18.5 Å². The van der Waals surface area contributed by atoms with Gasteiger partial charge in [0.25, 0.3) is 0 Å². The molecule has 144 valence electrons. The Morgan fingerprint density at radius 1 is 1.07 bits per heavy atom. The van der Waals surface area contributed by atoms with Crippen LogP contribution in [-0.2, 0) is 11.2 Å². The van der Waals surface area contributed by atoms with Crippen molar-refractivity contribution in [1.29, 1.82) is 0 Å². The molecule has 27 heavy (non-hydrogen) atoms. The first-order valence-electron chi connectivity index (χ1n) is 9.70. The SMILES string of the molecule is CC1CCN(c2ccc(NCC(=O)NCCc3ccc(Cl)cc3)cc2)CC1. The number of anilines is 2. The van der Waals surface area contributed by atoms with Crippen LogP contribution in [0.25, 0.3) is 0 Å². The van der Waals surface area contributed by atoms with Gasteiger partial charge in [-0.1, -0.05) is 30.7 Å². The molecule has 2 aromatic carbocycles. The van der Waals surface area contributed by atoms with Crippen LogP contribution in [0.3, 0.4) is 0 Å². The summed E-state index contributed by atoms with van der Waals surface area (Å²) in [5.41, 5.74) is 3.40. The van der Waals surface area contributed by atoms with Crippen LogP contribution in [0.1, 0.15) is 25.3 Å². The summed E-state index contributed by atoms with van der Waals surface area (Å²) in [6.07, 6.45) is 3.32. The molecule has 0 atom stereocenters. The van der Waals surface area contributed by atoms with Gasteiger partial charge in [-0.3, -0.25) is 4.79 Å². The highest BCUT2D eigenvalue weighted by molar-refractivity contribution is 6.30. The van der Waals surface area contributed by atoms with Gasteiger partial charge in [-0.05, 0) is 67.1 Å². The molecule has 0 aliphatic carbocycles. The molecule has 0 bridgehead atoms. The van der Waals surface area contributed by atoms with E-state index in [1.54, 1.807) is 0 Å². The second-order valence-electron chi connectivity index (χ2n) is 7.30. The van der Waals surface area contributed by atoms with Crippen molar-refractivity contribution in [2.24, 2.45) is 5.92 Å². The average molecular weight is 386 g/mol. The molecule has 1 aliphatic rings. The zero-order valence-corrected chi connectivity index (χ0v) is 16.6. The monoisotopic (exact) mass is 385 g/mol. The fourth-order valence-corrected chi connectivity index (χ4v) is 3.43. The number of rotatable bonds is 7. The van der Waals surface area contributed by atoms with E-state index in [-0.39, 0.29) is 12.5 Å². The zero-order chi connectivity index (χ0) is 19.1. The maximum Gasteiger partial charge on any atom is 0.239 e. The van der Waals surface area contributed by atoms with Gasteiger partial charge in [-0.15, -0.1) is 0 Å². The second kappa shape index (κ2) is 9.65. The number of carbonyl (C=O) groups is 1. The average Bonchev–Trinajstić information content (AvgIpc) is 2.69. The first-order valence-corrected chi connectivity index (χ1v) is 10.1. The molecule has 1 aliphatic heterocycles. The molecule has 5 heteroatoms. The first kappa shape index (κ1) is 19.6. The number of hydrogen-bond donors (Lipinski definition) is 2. The molecule has 0 saturated carbocycles. The van der Waals surface area contributed by atoms with Crippen molar-refractivity contribution in [3.8, 4) is 0 Å². The van der Waals surface area contributed by atoms with Crippen molar-refractivity contribution in [2.75, 3.05) is 36.4 Å². The van der Waals surface area contributed by atoms with Gasteiger partial charge in [-0.25, -0.2) is 0 Å². The third-order valence-electron chi connectivity index (χ3n) is 5.12. The molecule has 2 N–H and O–H groups in total. The number of carbonyl (C=O) groups excluding carboxylic acids is 1. The van der Waals surface area contributed by atoms with Crippen LogP contribution in [0.4, 0.5) is 11.4 Å². The summed E-state index contributed by atoms with van der Waals surface area (Å²) in [5.74, 6) is 0.832. The Hall–Kier alpha value is -2.20. The topological polar surface area (TPSA) is 44.4 Å². The van der Waals surface area contributed by atoms with Crippen molar-refractivity contribution in [1.82, 2.24) is 5.32 Å². The maximum absolute atomic E-state index is 12.0. The maximum atomic E-state index is 12.0. The predicted octanol–water partition coefficient (Wildman–Crippen LogP) is 4.35. The summed E-state index contributed by atoms with van der Waals surface area (Å²) in [5, 5.41) is 6.86. The third-order valence-corrected chi connectivity index (χ3v) is 5.37. The second-order valence-corrected chi connectivity index (χ2v) is 7.73. The molecule has 0 aromatic heterocycles. The Morgan fingerprint density at radius 2 is 1.74 bits per heavy atom. The largest absolute Gasteiger partial charge is 0.376 e. The summed E-state index contributed by atoms with van der Waals surface area (Å²) in [6.45, 7) is 5.48. The smallest absolute Gasteiger partial charge is 0.239 e. The van der Waals surface area contributed by atoms with Gasteiger partial charge in [0, 0.05) is 36.0 Å². The van der Waals surface area contributed by atoms with Crippen molar-refractivity contribution in [3.63, 3.8) is 0 Å². The number of hydrogen-bond acceptors (Lipinski definition) is 3. The van der Waals surface area contributed by atoms with Gasteiger partial charge < -0.3 is 15.5 Å². The summed E-state index contributed by atoms with van der Waals surface area (Å²) in [7, 11) is 0. The fraction of sp³-hybridized carbons (Fsp3) is 0.409. The Kier molecular flexibility index (Phi) is 6.99. The molecule has 0 radical (unpaired) electrons. The number of halogens is 1. The van der Waals surface area contributed by atoms with E-state index in [0.29, 0.717) is 6.54 Å². The number of piperidine rings is 1. The quantitative estimate of drug-likeness (QED) is 0.744. The molecule has 1 amide bonds. The Balaban J connectivity index is 1.37. The Bertz CT molecular complexity index is 722. The van der Waals surface area contributed by atoms with E-state index < -0.39 is 0 Å². The van der Waals surface area contributed by atoms with Gasteiger partial charge in [-0.2, -0.15) is 0 Å². The summed E-state index contributed by atoms with van der Waals surface area (Å²) >= 11 is 5.87. The highest BCUT2D eigenvalue weighted by atomic mass is 35.5.